The molecule has 5 nitrogen and oxygen atoms in total. The minimum atomic E-state index is -4.50. The van der Waals surface area contributed by atoms with E-state index in [1.165, 1.54) is 18.2 Å². The Balaban J connectivity index is 2.10. The minimum Gasteiger partial charge on any atom is -0.493 e. The second kappa shape index (κ2) is 6.09. The van der Waals surface area contributed by atoms with Gasteiger partial charge in [0.2, 0.25) is 5.88 Å². The molecule has 0 atom stereocenters. The number of fused-ring (bicyclic) bond motifs is 3. The fourth-order valence-electron chi connectivity index (χ4n) is 3.82. The maximum Gasteiger partial charge on any atom is 0.417 e. The molecular formula is C19H16F3N3O2. The van der Waals surface area contributed by atoms with Gasteiger partial charge in [0.25, 0.3) is 0 Å². The molecule has 8 heteroatoms. The predicted molar refractivity (Wildman–Crippen MR) is 95.9 cm³/mol. The number of hydrogen-bond acceptors (Lipinski definition) is 4. The topological polar surface area (TPSA) is 68.7 Å². The van der Waals surface area contributed by atoms with Crippen molar-refractivity contribution in [2.24, 2.45) is 5.18 Å². The molecule has 0 spiro atoms. The molecule has 140 valence electrons. The van der Waals surface area contributed by atoms with Crippen LogP contribution < -0.4 is 0 Å². The number of nitrogens with zero attached hydrogens (tertiary/aromatic N) is 2. The van der Waals surface area contributed by atoms with Gasteiger partial charge in [0.1, 0.15) is 0 Å². The predicted octanol–water partition coefficient (Wildman–Crippen LogP) is 4.95. The lowest BCUT2D eigenvalue weighted by Gasteiger charge is -2.28. The zero-order valence-corrected chi connectivity index (χ0v) is 14.4. The number of alkyl halides is 3. The van der Waals surface area contributed by atoms with Gasteiger partial charge in [0, 0.05) is 18.5 Å². The number of H-pyrrole nitrogens is 1. The highest BCUT2D eigenvalue weighted by Crippen LogP contribution is 2.45. The number of nitrogens with one attached hydrogen (secondary N) is 1. The molecule has 2 heterocycles. The van der Waals surface area contributed by atoms with Crippen molar-refractivity contribution in [2.45, 2.75) is 19.1 Å². The summed E-state index contributed by atoms with van der Waals surface area (Å²) in [6, 6.07) is 6.92. The van der Waals surface area contributed by atoms with Crippen molar-refractivity contribution in [3.8, 4) is 17.0 Å². The van der Waals surface area contributed by atoms with E-state index in [1.54, 1.807) is 6.07 Å². The minimum absolute atomic E-state index is 0.0604. The summed E-state index contributed by atoms with van der Waals surface area (Å²) in [5, 5.41) is 13.2. The normalized spacial score (nSPS) is 15.1. The second-order valence-corrected chi connectivity index (χ2v) is 6.75. The van der Waals surface area contributed by atoms with Gasteiger partial charge in [-0.25, -0.2) is 0 Å². The van der Waals surface area contributed by atoms with E-state index >= 15 is 0 Å². The van der Waals surface area contributed by atoms with Gasteiger partial charge in [-0.15, -0.1) is 4.91 Å². The highest BCUT2D eigenvalue weighted by molar-refractivity contribution is 6.00. The van der Waals surface area contributed by atoms with Crippen molar-refractivity contribution in [1.82, 2.24) is 9.88 Å². The van der Waals surface area contributed by atoms with Crippen LogP contribution in [0.2, 0.25) is 0 Å². The molecule has 0 unspecified atom stereocenters. The molecule has 0 aliphatic carbocycles. The number of hydrogen-bond donors (Lipinski definition) is 2. The van der Waals surface area contributed by atoms with Gasteiger partial charge in [-0.1, -0.05) is 18.2 Å². The lowest BCUT2D eigenvalue weighted by atomic mass is 9.87. The van der Waals surface area contributed by atoms with Crippen LogP contribution >= 0.6 is 0 Å². The molecule has 2 aromatic carbocycles. The van der Waals surface area contributed by atoms with Crippen LogP contribution in [-0.4, -0.2) is 28.6 Å². The smallest absolute Gasteiger partial charge is 0.417 e. The van der Waals surface area contributed by atoms with Crippen molar-refractivity contribution in [3.63, 3.8) is 0 Å². The van der Waals surface area contributed by atoms with Crippen LogP contribution in [0.1, 0.15) is 16.7 Å². The van der Waals surface area contributed by atoms with Gasteiger partial charge < -0.3 is 15.0 Å². The third-order valence-corrected chi connectivity index (χ3v) is 5.06. The van der Waals surface area contributed by atoms with Crippen molar-refractivity contribution in [2.75, 3.05) is 13.6 Å². The molecule has 3 aromatic rings. The number of benzene rings is 2. The van der Waals surface area contributed by atoms with Gasteiger partial charge >= 0.3 is 6.18 Å². The first-order valence-corrected chi connectivity index (χ1v) is 8.39. The Morgan fingerprint density at radius 3 is 2.63 bits per heavy atom. The summed E-state index contributed by atoms with van der Waals surface area (Å²) >= 11 is 0. The number of rotatable bonds is 2. The average Bonchev–Trinajstić information content (AvgIpc) is 2.95. The van der Waals surface area contributed by atoms with Crippen molar-refractivity contribution in [3.05, 3.63) is 51.9 Å². The van der Waals surface area contributed by atoms with E-state index in [9.17, 15) is 23.2 Å². The van der Waals surface area contributed by atoms with Gasteiger partial charge in [0.15, 0.2) is 5.69 Å². The maximum atomic E-state index is 13.6. The molecule has 2 N–H and O–H groups in total. The second-order valence-electron chi connectivity index (χ2n) is 6.75. The van der Waals surface area contributed by atoms with Gasteiger partial charge in [-0.05, 0) is 53.0 Å². The lowest BCUT2D eigenvalue weighted by molar-refractivity contribution is -0.137. The Morgan fingerprint density at radius 1 is 1.19 bits per heavy atom. The van der Waals surface area contributed by atoms with Crippen LogP contribution in [0.15, 0.2) is 35.5 Å². The number of aromatic hydroxyl groups is 1. The number of likely N-dealkylation sites (N-methyl/N-ethyl adjacent to an activating group) is 1. The molecule has 0 saturated heterocycles. The molecule has 0 saturated carbocycles. The number of halogens is 3. The van der Waals surface area contributed by atoms with Crippen LogP contribution in [-0.2, 0) is 19.1 Å². The first-order chi connectivity index (χ1) is 12.8. The Morgan fingerprint density at radius 2 is 1.93 bits per heavy atom. The number of aromatic nitrogens is 1. The Hall–Kier alpha value is -2.87. The van der Waals surface area contributed by atoms with Gasteiger partial charge in [-0.3, -0.25) is 0 Å². The van der Waals surface area contributed by atoms with Crippen molar-refractivity contribution >= 4 is 16.6 Å². The Kier molecular flexibility index (Phi) is 3.96. The first-order valence-electron chi connectivity index (χ1n) is 8.39. The quantitative estimate of drug-likeness (QED) is 0.623. The summed E-state index contributed by atoms with van der Waals surface area (Å²) in [6.45, 7) is 1.19. The summed E-state index contributed by atoms with van der Waals surface area (Å²) < 4.78 is 40.7. The average molecular weight is 375 g/mol. The van der Waals surface area contributed by atoms with Crippen LogP contribution in [0.3, 0.4) is 0 Å². The van der Waals surface area contributed by atoms with Crippen molar-refractivity contribution in [1.29, 1.82) is 0 Å². The third-order valence-electron chi connectivity index (χ3n) is 5.06. The summed E-state index contributed by atoms with van der Waals surface area (Å²) in [4.78, 5) is 16.0. The molecule has 0 fully saturated rings. The number of aromatic amines is 1. The van der Waals surface area contributed by atoms with E-state index in [-0.39, 0.29) is 17.1 Å². The molecule has 0 amide bonds. The maximum absolute atomic E-state index is 13.6. The summed E-state index contributed by atoms with van der Waals surface area (Å²) in [5.74, 6) is -0.378. The molecule has 0 radical (unpaired) electrons. The zero-order chi connectivity index (χ0) is 19.3. The first kappa shape index (κ1) is 17.5. The zero-order valence-electron chi connectivity index (χ0n) is 14.4. The van der Waals surface area contributed by atoms with Crippen LogP contribution in [0.4, 0.5) is 18.9 Å². The summed E-state index contributed by atoms with van der Waals surface area (Å²) in [7, 11) is 1.91. The van der Waals surface area contributed by atoms with E-state index < -0.39 is 11.7 Å². The Bertz CT molecular complexity index is 1060. The highest BCUT2D eigenvalue weighted by atomic mass is 19.4. The van der Waals surface area contributed by atoms with Crippen LogP contribution in [0, 0.1) is 4.91 Å². The van der Waals surface area contributed by atoms with Gasteiger partial charge in [-0.2, -0.15) is 13.2 Å². The van der Waals surface area contributed by atoms with Gasteiger partial charge in [0.05, 0.1) is 11.1 Å². The fourth-order valence-corrected chi connectivity index (χ4v) is 3.82. The standard InChI is InChI=1S/C19H16F3N3O2/c1-25-7-6-10-12(11-4-2-3-5-15(11)19(20,21)22)8-13-16(14(10)9-25)23-18(26)17(13)24-27/h2-5,8,23,26H,6-7,9H2,1H3. The Labute approximate surface area is 152 Å². The molecule has 4 rings (SSSR count). The van der Waals surface area contributed by atoms with Crippen LogP contribution in [0.25, 0.3) is 22.0 Å². The van der Waals surface area contributed by atoms with E-state index in [0.717, 1.165) is 17.2 Å². The molecule has 1 aromatic heterocycles. The van der Waals surface area contributed by atoms with E-state index in [1.807, 2.05) is 11.9 Å². The molecule has 0 bridgehead atoms. The largest absolute Gasteiger partial charge is 0.493 e. The van der Waals surface area contributed by atoms with Crippen LogP contribution in [0.5, 0.6) is 5.88 Å². The lowest BCUT2D eigenvalue weighted by Crippen LogP contribution is -2.27. The van der Waals surface area contributed by atoms with E-state index in [0.29, 0.717) is 36.0 Å². The van der Waals surface area contributed by atoms with E-state index in [2.05, 4.69) is 10.2 Å². The summed E-state index contributed by atoms with van der Waals surface area (Å²) in [6.07, 6.45) is -3.94. The summed E-state index contributed by atoms with van der Waals surface area (Å²) in [5.41, 5.74) is 1.66. The van der Waals surface area contributed by atoms with E-state index in [4.69, 9.17) is 0 Å². The monoisotopic (exact) mass is 375 g/mol. The molecular weight excluding hydrogens is 359 g/mol. The third kappa shape index (κ3) is 2.76. The molecule has 1 aliphatic rings. The molecule has 27 heavy (non-hydrogen) atoms. The fraction of sp³-hybridized carbons (Fsp3) is 0.263. The highest BCUT2D eigenvalue weighted by Gasteiger charge is 2.35. The molecule has 1 aliphatic heterocycles. The van der Waals surface area contributed by atoms with Crippen molar-refractivity contribution < 1.29 is 18.3 Å². The SMILES string of the molecule is CN1CCc2c(-c3ccccc3C(F)(F)F)cc3c(N=O)c(O)[nH]c3c2C1. The number of nitroso groups, excluding NO2 is 1.